The van der Waals surface area contributed by atoms with Gasteiger partial charge in [0.2, 0.25) is 0 Å². The zero-order valence-corrected chi connectivity index (χ0v) is 30.3. The standard InChI is InChI=1S/C53H39N/c1-36-25-31-50-41(33-36)17-9-24-53(50)54(45-18-7-16-43(35-45)49-22-10-23-51-47-20-5-3-12-39(47)28-32-52(49)51)44-29-26-37(27-30-44)40-14-6-15-42(34-40)48-21-8-13-38-11-2-4-19-46(38)48/h2-32,34-36H,33H2,1H3. The number of anilines is 3. The van der Waals surface area contributed by atoms with E-state index in [9.17, 15) is 0 Å². The Bertz CT molecular complexity index is 2870. The van der Waals surface area contributed by atoms with Gasteiger partial charge in [0.1, 0.15) is 0 Å². The van der Waals surface area contributed by atoms with Crippen molar-refractivity contribution in [2.24, 2.45) is 5.92 Å². The largest absolute Gasteiger partial charge is 0.310 e. The smallest absolute Gasteiger partial charge is 0.0536 e. The van der Waals surface area contributed by atoms with Crippen molar-refractivity contribution in [1.82, 2.24) is 0 Å². The summed E-state index contributed by atoms with van der Waals surface area (Å²) in [5.41, 5.74) is 13.5. The van der Waals surface area contributed by atoms with Gasteiger partial charge in [-0.25, -0.2) is 0 Å². The van der Waals surface area contributed by atoms with Crippen LogP contribution in [-0.2, 0) is 6.42 Å². The van der Waals surface area contributed by atoms with Crippen LogP contribution in [0.15, 0.2) is 194 Å². The van der Waals surface area contributed by atoms with E-state index >= 15 is 0 Å². The molecular weight excluding hydrogens is 651 g/mol. The van der Waals surface area contributed by atoms with Crippen molar-refractivity contribution >= 4 is 55.5 Å². The van der Waals surface area contributed by atoms with Crippen LogP contribution in [0.2, 0.25) is 0 Å². The second-order valence-electron chi connectivity index (χ2n) is 14.6. The molecule has 256 valence electrons. The van der Waals surface area contributed by atoms with Gasteiger partial charge in [0, 0.05) is 16.9 Å². The van der Waals surface area contributed by atoms with Crippen LogP contribution in [0.5, 0.6) is 0 Å². The van der Waals surface area contributed by atoms with E-state index in [1.165, 1.54) is 82.5 Å². The Hall–Kier alpha value is -6.70. The third kappa shape index (κ3) is 5.66. The molecule has 0 aromatic heterocycles. The Kier molecular flexibility index (Phi) is 7.92. The first-order valence-electron chi connectivity index (χ1n) is 19.0. The molecule has 0 aliphatic heterocycles. The summed E-state index contributed by atoms with van der Waals surface area (Å²) in [6.07, 6.45) is 5.73. The molecular formula is C53H39N. The maximum Gasteiger partial charge on any atom is 0.0536 e. The number of hydrogen-bond donors (Lipinski definition) is 0. The third-order valence-electron chi connectivity index (χ3n) is 11.2. The van der Waals surface area contributed by atoms with Gasteiger partial charge in [-0.2, -0.15) is 0 Å². The fourth-order valence-electron chi connectivity index (χ4n) is 8.52. The predicted octanol–water partition coefficient (Wildman–Crippen LogP) is 14.8. The highest BCUT2D eigenvalue weighted by Crippen LogP contribution is 2.43. The quantitative estimate of drug-likeness (QED) is 0.157. The minimum absolute atomic E-state index is 0.524. The fourth-order valence-corrected chi connectivity index (χ4v) is 8.52. The van der Waals surface area contributed by atoms with E-state index in [-0.39, 0.29) is 0 Å². The molecule has 0 fully saturated rings. The van der Waals surface area contributed by atoms with E-state index in [2.05, 4.69) is 212 Å². The first-order valence-corrected chi connectivity index (χ1v) is 19.0. The fraction of sp³-hybridized carbons (Fsp3) is 0.0566. The molecule has 0 saturated carbocycles. The van der Waals surface area contributed by atoms with Gasteiger partial charge in [-0.05, 0) is 120 Å². The molecule has 1 aliphatic carbocycles. The molecule has 1 nitrogen and oxygen atoms in total. The first-order chi connectivity index (χ1) is 26.7. The molecule has 0 radical (unpaired) electrons. The molecule has 0 bridgehead atoms. The molecule has 1 atom stereocenters. The van der Waals surface area contributed by atoms with Crippen molar-refractivity contribution < 1.29 is 0 Å². The van der Waals surface area contributed by atoms with Gasteiger partial charge in [-0.15, -0.1) is 0 Å². The predicted molar refractivity (Wildman–Crippen MR) is 232 cm³/mol. The van der Waals surface area contributed by atoms with Crippen molar-refractivity contribution in [2.75, 3.05) is 4.90 Å². The zero-order valence-electron chi connectivity index (χ0n) is 30.3. The molecule has 9 aromatic carbocycles. The summed E-state index contributed by atoms with van der Waals surface area (Å²) in [5.74, 6) is 0.524. The topological polar surface area (TPSA) is 3.24 Å². The summed E-state index contributed by atoms with van der Waals surface area (Å²) >= 11 is 0. The first kappa shape index (κ1) is 32.0. The Morgan fingerprint density at radius 2 is 1.06 bits per heavy atom. The van der Waals surface area contributed by atoms with Crippen molar-refractivity contribution in [2.45, 2.75) is 13.3 Å². The van der Waals surface area contributed by atoms with Gasteiger partial charge in [0.15, 0.2) is 0 Å². The van der Waals surface area contributed by atoms with Crippen molar-refractivity contribution in [3.8, 4) is 33.4 Å². The van der Waals surface area contributed by atoms with Crippen LogP contribution in [0.1, 0.15) is 18.1 Å². The number of nitrogens with zero attached hydrogens (tertiary/aromatic N) is 1. The number of benzene rings is 9. The Morgan fingerprint density at radius 1 is 0.426 bits per heavy atom. The lowest BCUT2D eigenvalue weighted by Gasteiger charge is -2.30. The highest BCUT2D eigenvalue weighted by atomic mass is 15.1. The van der Waals surface area contributed by atoms with Crippen molar-refractivity contribution in [3.63, 3.8) is 0 Å². The summed E-state index contributed by atoms with van der Waals surface area (Å²) in [6.45, 7) is 2.30. The van der Waals surface area contributed by atoms with E-state index in [0.29, 0.717) is 5.92 Å². The van der Waals surface area contributed by atoms with Gasteiger partial charge in [-0.3, -0.25) is 0 Å². The minimum atomic E-state index is 0.524. The van der Waals surface area contributed by atoms with E-state index in [0.717, 1.165) is 17.8 Å². The maximum atomic E-state index is 2.44. The molecule has 1 aliphatic rings. The SMILES string of the molecule is CC1C=Cc2c(cccc2N(c2ccc(-c3cccc(-c4cccc5ccccc45)c3)cc2)c2cccc(-c3cccc4c3ccc3ccccc34)c2)C1. The number of fused-ring (bicyclic) bond motifs is 5. The number of hydrogen-bond acceptors (Lipinski definition) is 1. The minimum Gasteiger partial charge on any atom is -0.310 e. The van der Waals surface area contributed by atoms with Crippen molar-refractivity contribution in [1.29, 1.82) is 0 Å². The second-order valence-corrected chi connectivity index (χ2v) is 14.6. The summed E-state index contributed by atoms with van der Waals surface area (Å²) in [5, 5.41) is 7.64. The average Bonchev–Trinajstić information content (AvgIpc) is 3.23. The molecule has 54 heavy (non-hydrogen) atoms. The molecule has 0 amide bonds. The number of rotatable bonds is 6. The average molecular weight is 690 g/mol. The van der Waals surface area contributed by atoms with E-state index in [4.69, 9.17) is 0 Å². The summed E-state index contributed by atoms with van der Waals surface area (Å²) in [7, 11) is 0. The monoisotopic (exact) mass is 689 g/mol. The third-order valence-corrected chi connectivity index (χ3v) is 11.2. The highest BCUT2D eigenvalue weighted by molar-refractivity contribution is 6.12. The van der Waals surface area contributed by atoms with Crippen LogP contribution in [-0.4, -0.2) is 0 Å². The van der Waals surface area contributed by atoms with Crippen LogP contribution in [0.25, 0.3) is 71.8 Å². The van der Waals surface area contributed by atoms with E-state index < -0.39 is 0 Å². The molecule has 10 rings (SSSR count). The zero-order chi connectivity index (χ0) is 36.0. The van der Waals surface area contributed by atoms with Crippen LogP contribution >= 0.6 is 0 Å². The molecule has 1 heteroatoms. The van der Waals surface area contributed by atoms with Crippen LogP contribution < -0.4 is 4.90 Å². The van der Waals surface area contributed by atoms with Gasteiger partial charge in [-0.1, -0.05) is 171 Å². The number of allylic oxidation sites excluding steroid dienone is 1. The van der Waals surface area contributed by atoms with E-state index in [1.807, 2.05) is 0 Å². The van der Waals surface area contributed by atoms with Gasteiger partial charge in [0.25, 0.3) is 0 Å². The second kappa shape index (κ2) is 13.4. The molecule has 0 saturated heterocycles. The summed E-state index contributed by atoms with van der Waals surface area (Å²) in [4.78, 5) is 2.44. The summed E-state index contributed by atoms with van der Waals surface area (Å²) in [6, 6.07) is 69.0. The van der Waals surface area contributed by atoms with Crippen LogP contribution in [0.4, 0.5) is 17.1 Å². The molecule has 9 aromatic rings. The van der Waals surface area contributed by atoms with Crippen LogP contribution in [0.3, 0.4) is 0 Å². The van der Waals surface area contributed by atoms with Crippen molar-refractivity contribution in [3.05, 3.63) is 205 Å². The molecule has 0 N–H and O–H groups in total. The maximum absolute atomic E-state index is 2.44. The Balaban J connectivity index is 1.08. The molecule has 0 heterocycles. The lowest BCUT2D eigenvalue weighted by atomic mass is 9.89. The van der Waals surface area contributed by atoms with Gasteiger partial charge >= 0.3 is 0 Å². The Labute approximate surface area is 317 Å². The van der Waals surface area contributed by atoms with E-state index in [1.54, 1.807) is 0 Å². The lowest BCUT2D eigenvalue weighted by molar-refractivity contribution is 0.717. The van der Waals surface area contributed by atoms with Crippen LogP contribution in [0, 0.1) is 5.92 Å². The van der Waals surface area contributed by atoms with Gasteiger partial charge < -0.3 is 4.90 Å². The Morgan fingerprint density at radius 3 is 1.91 bits per heavy atom. The van der Waals surface area contributed by atoms with Gasteiger partial charge in [0.05, 0.1) is 5.69 Å². The molecule has 0 spiro atoms. The highest BCUT2D eigenvalue weighted by Gasteiger charge is 2.21. The summed E-state index contributed by atoms with van der Waals surface area (Å²) < 4.78 is 0. The lowest BCUT2D eigenvalue weighted by Crippen LogP contribution is -2.14. The normalized spacial score (nSPS) is 13.7. The molecule has 1 unspecified atom stereocenters.